The number of hydrogen-bond acceptors (Lipinski definition) is 3. The van der Waals surface area contributed by atoms with E-state index < -0.39 is 9.05 Å². The highest BCUT2D eigenvalue weighted by molar-refractivity contribution is 8.13. The highest BCUT2D eigenvalue weighted by atomic mass is 35.7. The lowest BCUT2D eigenvalue weighted by Gasteiger charge is -2.09. The smallest absolute Gasteiger partial charge is 0.261 e. The maximum atomic E-state index is 11.1. The summed E-state index contributed by atoms with van der Waals surface area (Å²) in [7, 11) is 1.56. The van der Waals surface area contributed by atoms with Crippen LogP contribution < -0.4 is 4.74 Å². The quantitative estimate of drug-likeness (QED) is 0.802. The summed E-state index contributed by atoms with van der Waals surface area (Å²) in [4.78, 5) is 0.0605. The van der Waals surface area contributed by atoms with Gasteiger partial charge in [-0.25, -0.2) is 8.42 Å². The fourth-order valence-electron chi connectivity index (χ4n) is 1.69. The van der Waals surface area contributed by atoms with Crippen LogP contribution in [-0.2, 0) is 15.5 Å². The molecular weight excluding hydrogens is 284 g/mol. The van der Waals surface area contributed by atoms with Gasteiger partial charge in [-0.1, -0.05) is 25.1 Å². The van der Waals surface area contributed by atoms with Crippen LogP contribution >= 0.6 is 10.7 Å². The third-order valence-electron chi connectivity index (χ3n) is 2.69. The fraction of sp³-hybridized carbons (Fsp3) is 0.143. The Hall–Kier alpha value is -1.52. The predicted molar refractivity (Wildman–Crippen MR) is 75.4 cm³/mol. The Morgan fingerprint density at radius 2 is 1.68 bits per heavy atom. The Morgan fingerprint density at radius 1 is 1.05 bits per heavy atom. The molecule has 0 bridgehead atoms. The first-order valence-electron chi connectivity index (χ1n) is 5.81. The molecule has 0 saturated carbocycles. The van der Waals surface area contributed by atoms with Gasteiger partial charge in [-0.2, -0.15) is 0 Å². The largest absolute Gasteiger partial charge is 0.457 e. The molecule has 0 spiro atoms. The van der Waals surface area contributed by atoms with Crippen LogP contribution in [-0.4, -0.2) is 8.42 Å². The molecular formula is C14H13ClO3S. The molecule has 0 fully saturated rings. The molecule has 0 radical (unpaired) electrons. The molecule has 0 aliphatic carbocycles. The lowest BCUT2D eigenvalue weighted by Crippen LogP contribution is -1.92. The van der Waals surface area contributed by atoms with Crippen molar-refractivity contribution in [2.24, 2.45) is 0 Å². The summed E-state index contributed by atoms with van der Waals surface area (Å²) < 4.78 is 28.0. The number of ether oxygens (including phenoxy) is 1. The molecule has 2 rings (SSSR count). The van der Waals surface area contributed by atoms with E-state index in [9.17, 15) is 8.42 Å². The Bertz CT molecular complexity index is 663. The number of rotatable bonds is 4. The number of aryl methyl sites for hydroxylation is 1. The third-order valence-corrected chi connectivity index (χ3v) is 4.06. The first kappa shape index (κ1) is 13.9. The van der Waals surface area contributed by atoms with Crippen LogP contribution in [0.1, 0.15) is 12.5 Å². The van der Waals surface area contributed by atoms with E-state index in [-0.39, 0.29) is 4.90 Å². The van der Waals surface area contributed by atoms with E-state index in [0.29, 0.717) is 5.75 Å². The van der Waals surface area contributed by atoms with E-state index in [1.165, 1.54) is 12.1 Å². The van der Waals surface area contributed by atoms with Gasteiger partial charge in [0.25, 0.3) is 9.05 Å². The molecule has 19 heavy (non-hydrogen) atoms. The molecule has 0 aliphatic heterocycles. The standard InChI is InChI=1S/C14H13ClO3S/c1-2-11-5-3-4-6-14(11)18-12-7-9-13(10-8-12)19(15,16)17/h3-10H,2H2,1H3. The van der Waals surface area contributed by atoms with Gasteiger partial charge in [-0.3, -0.25) is 0 Å². The fourth-order valence-corrected chi connectivity index (χ4v) is 2.46. The molecule has 0 heterocycles. The van der Waals surface area contributed by atoms with Crippen LogP contribution in [0.3, 0.4) is 0 Å². The maximum Gasteiger partial charge on any atom is 0.261 e. The predicted octanol–water partition coefficient (Wildman–Crippen LogP) is 3.97. The van der Waals surface area contributed by atoms with Crippen LogP contribution in [0.4, 0.5) is 0 Å². The monoisotopic (exact) mass is 296 g/mol. The summed E-state index contributed by atoms with van der Waals surface area (Å²) >= 11 is 0. The van der Waals surface area contributed by atoms with Gasteiger partial charge in [-0.15, -0.1) is 0 Å². The molecule has 0 saturated heterocycles. The number of halogens is 1. The van der Waals surface area contributed by atoms with Crippen LogP contribution in [0, 0.1) is 0 Å². The molecule has 2 aromatic carbocycles. The molecule has 100 valence electrons. The Balaban J connectivity index is 2.25. The third kappa shape index (κ3) is 3.49. The summed E-state index contributed by atoms with van der Waals surface area (Å²) in [5.74, 6) is 1.34. The number of hydrogen-bond donors (Lipinski definition) is 0. The van der Waals surface area contributed by atoms with E-state index in [2.05, 4.69) is 0 Å². The second-order valence-electron chi connectivity index (χ2n) is 3.97. The zero-order valence-electron chi connectivity index (χ0n) is 10.3. The van der Waals surface area contributed by atoms with Gasteiger partial charge in [0.1, 0.15) is 11.5 Å². The molecule has 0 unspecified atom stereocenters. The van der Waals surface area contributed by atoms with E-state index in [0.717, 1.165) is 17.7 Å². The summed E-state index contributed by atoms with van der Waals surface area (Å²) in [6, 6.07) is 13.7. The number of para-hydroxylation sites is 1. The van der Waals surface area contributed by atoms with Crippen LogP contribution in [0.5, 0.6) is 11.5 Å². The maximum absolute atomic E-state index is 11.1. The lowest BCUT2D eigenvalue weighted by atomic mass is 10.1. The molecule has 0 aromatic heterocycles. The molecule has 0 amide bonds. The van der Waals surface area contributed by atoms with E-state index >= 15 is 0 Å². The minimum atomic E-state index is -3.69. The van der Waals surface area contributed by atoms with Crippen LogP contribution in [0.2, 0.25) is 0 Å². The first-order valence-corrected chi connectivity index (χ1v) is 8.12. The minimum Gasteiger partial charge on any atom is -0.457 e. The minimum absolute atomic E-state index is 0.0605. The number of benzene rings is 2. The molecule has 0 N–H and O–H groups in total. The van der Waals surface area contributed by atoms with Crippen molar-refractivity contribution in [3.8, 4) is 11.5 Å². The van der Waals surface area contributed by atoms with Crippen molar-refractivity contribution in [3.05, 3.63) is 54.1 Å². The van der Waals surface area contributed by atoms with Crippen molar-refractivity contribution in [2.75, 3.05) is 0 Å². The highest BCUT2D eigenvalue weighted by Crippen LogP contribution is 2.27. The average molecular weight is 297 g/mol. The van der Waals surface area contributed by atoms with Crippen molar-refractivity contribution in [1.29, 1.82) is 0 Å². The van der Waals surface area contributed by atoms with Gasteiger partial charge in [0.2, 0.25) is 0 Å². The zero-order chi connectivity index (χ0) is 13.9. The molecule has 5 heteroatoms. The van der Waals surface area contributed by atoms with Crippen molar-refractivity contribution in [2.45, 2.75) is 18.2 Å². The van der Waals surface area contributed by atoms with Gasteiger partial charge < -0.3 is 4.74 Å². The van der Waals surface area contributed by atoms with E-state index in [4.69, 9.17) is 15.4 Å². The summed E-state index contributed by atoms with van der Waals surface area (Å²) in [5, 5.41) is 0. The SMILES string of the molecule is CCc1ccccc1Oc1ccc(S(=O)(=O)Cl)cc1. The Labute approximate surface area is 117 Å². The topological polar surface area (TPSA) is 43.4 Å². The van der Waals surface area contributed by atoms with Crippen molar-refractivity contribution < 1.29 is 13.2 Å². The highest BCUT2D eigenvalue weighted by Gasteiger charge is 2.10. The molecule has 2 aromatic rings. The average Bonchev–Trinajstić information content (AvgIpc) is 2.39. The van der Waals surface area contributed by atoms with E-state index in [1.807, 2.05) is 31.2 Å². The van der Waals surface area contributed by atoms with Gasteiger partial charge in [0, 0.05) is 10.7 Å². The Kier molecular flexibility index (Phi) is 4.12. The van der Waals surface area contributed by atoms with Crippen molar-refractivity contribution in [1.82, 2.24) is 0 Å². The second-order valence-corrected chi connectivity index (χ2v) is 6.54. The van der Waals surface area contributed by atoms with Gasteiger partial charge in [0.15, 0.2) is 0 Å². The van der Waals surface area contributed by atoms with Crippen LogP contribution in [0.15, 0.2) is 53.4 Å². The second kappa shape index (κ2) is 5.63. The van der Waals surface area contributed by atoms with E-state index in [1.54, 1.807) is 12.1 Å². The van der Waals surface area contributed by atoms with Gasteiger partial charge in [-0.05, 0) is 42.3 Å². The Morgan fingerprint density at radius 3 is 2.26 bits per heavy atom. The summed E-state index contributed by atoms with van der Waals surface area (Å²) in [5.41, 5.74) is 1.09. The van der Waals surface area contributed by atoms with Crippen LogP contribution in [0.25, 0.3) is 0 Å². The van der Waals surface area contributed by atoms with Crippen molar-refractivity contribution in [3.63, 3.8) is 0 Å². The van der Waals surface area contributed by atoms with Gasteiger partial charge >= 0.3 is 0 Å². The first-order chi connectivity index (χ1) is 9.00. The zero-order valence-corrected chi connectivity index (χ0v) is 11.9. The normalized spacial score (nSPS) is 11.3. The lowest BCUT2D eigenvalue weighted by molar-refractivity contribution is 0.476. The molecule has 0 atom stereocenters. The summed E-state index contributed by atoms with van der Waals surface area (Å²) in [6.45, 7) is 2.05. The van der Waals surface area contributed by atoms with Crippen molar-refractivity contribution >= 4 is 19.7 Å². The van der Waals surface area contributed by atoms with Gasteiger partial charge in [0.05, 0.1) is 4.90 Å². The molecule has 0 aliphatic rings. The molecule has 3 nitrogen and oxygen atoms in total. The summed E-state index contributed by atoms with van der Waals surface area (Å²) in [6.07, 6.45) is 0.865.